The fraction of sp³-hybridized carbons (Fsp3) is 0.100. The van der Waals surface area contributed by atoms with E-state index in [-0.39, 0.29) is 5.92 Å². The van der Waals surface area contributed by atoms with Gasteiger partial charge in [-0.3, -0.25) is 0 Å². The summed E-state index contributed by atoms with van der Waals surface area (Å²) in [6.07, 6.45) is 7.00. The molecule has 0 fully saturated rings. The van der Waals surface area contributed by atoms with Crippen LogP contribution < -0.4 is 5.32 Å². The minimum absolute atomic E-state index is 0.0405. The van der Waals surface area contributed by atoms with Crippen LogP contribution in [0.15, 0.2) is 46.9 Å². The van der Waals surface area contributed by atoms with E-state index < -0.39 is 0 Å². The summed E-state index contributed by atoms with van der Waals surface area (Å²) in [5.41, 5.74) is 0.664. The Balaban J connectivity index is 2.33. The molecule has 13 heavy (non-hydrogen) atoms. The molecule has 3 heteroatoms. The second-order valence-electron chi connectivity index (χ2n) is 2.73. The van der Waals surface area contributed by atoms with E-state index in [2.05, 4.69) is 11.4 Å². The van der Waals surface area contributed by atoms with E-state index in [9.17, 15) is 0 Å². The van der Waals surface area contributed by atoms with Crippen molar-refractivity contribution in [3.63, 3.8) is 0 Å². The SMILES string of the molecule is N#CC1=CNC=CC1c1ccco1. The summed E-state index contributed by atoms with van der Waals surface area (Å²) in [7, 11) is 0. The van der Waals surface area contributed by atoms with E-state index in [0.717, 1.165) is 5.76 Å². The van der Waals surface area contributed by atoms with Crippen molar-refractivity contribution >= 4 is 0 Å². The highest BCUT2D eigenvalue weighted by atomic mass is 16.3. The number of hydrogen-bond acceptors (Lipinski definition) is 3. The number of dihydropyridines is 1. The number of rotatable bonds is 1. The van der Waals surface area contributed by atoms with Gasteiger partial charge in [0.2, 0.25) is 0 Å². The van der Waals surface area contributed by atoms with Crippen molar-refractivity contribution in [2.75, 3.05) is 0 Å². The van der Waals surface area contributed by atoms with Gasteiger partial charge in [-0.2, -0.15) is 5.26 Å². The van der Waals surface area contributed by atoms with Gasteiger partial charge in [0.05, 0.1) is 23.8 Å². The Morgan fingerprint density at radius 3 is 3.15 bits per heavy atom. The highest BCUT2D eigenvalue weighted by molar-refractivity contribution is 5.38. The number of nitrogens with one attached hydrogen (secondary N) is 1. The van der Waals surface area contributed by atoms with Crippen LogP contribution in [-0.4, -0.2) is 0 Å². The molecule has 2 rings (SSSR count). The maximum Gasteiger partial charge on any atom is 0.115 e. The standard InChI is InChI=1S/C10H8N2O/c11-6-8-7-12-4-3-9(8)10-2-1-5-13-10/h1-5,7,9,12H. The largest absolute Gasteiger partial charge is 0.468 e. The van der Waals surface area contributed by atoms with E-state index in [0.29, 0.717) is 5.57 Å². The second-order valence-corrected chi connectivity index (χ2v) is 2.73. The number of furan rings is 1. The molecule has 0 spiro atoms. The van der Waals surface area contributed by atoms with Crippen molar-refractivity contribution in [2.45, 2.75) is 5.92 Å². The van der Waals surface area contributed by atoms with Crippen LogP contribution in [0.1, 0.15) is 11.7 Å². The number of nitrogens with zero attached hydrogens (tertiary/aromatic N) is 1. The third-order valence-corrected chi connectivity index (χ3v) is 1.94. The summed E-state index contributed by atoms with van der Waals surface area (Å²) in [4.78, 5) is 0. The predicted octanol–water partition coefficient (Wildman–Crippen LogP) is 1.89. The van der Waals surface area contributed by atoms with Crippen LogP contribution in [0.4, 0.5) is 0 Å². The predicted molar refractivity (Wildman–Crippen MR) is 47.4 cm³/mol. The molecule has 0 bridgehead atoms. The van der Waals surface area contributed by atoms with Gasteiger partial charge in [-0.1, -0.05) is 6.08 Å². The molecule has 1 aliphatic heterocycles. The summed E-state index contributed by atoms with van der Waals surface area (Å²) in [6, 6.07) is 5.82. The molecular weight excluding hydrogens is 164 g/mol. The van der Waals surface area contributed by atoms with Crippen LogP contribution in [-0.2, 0) is 0 Å². The van der Waals surface area contributed by atoms with Crippen LogP contribution in [0.25, 0.3) is 0 Å². The van der Waals surface area contributed by atoms with Crippen molar-refractivity contribution in [1.29, 1.82) is 5.26 Å². The lowest BCUT2D eigenvalue weighted by Gasteiger charge is -2.12. The Morgan fingerprint density at radius 1 is 1.54 bits per heavy atom. The highest BCUT2D eigenvalue weighted by Gasteiger charge is 2.17. The van der Waals surface area contributed by atoms with Crippen LogP contribution in [0.3, 0.4) is 0 Å². The third-order valence-electron chi connectivity index (χ3n) is 1.94. The summed E-state index contributed by atoms with van der Waals surface area (Å²) in [5.74, 6) is 0.756. The lowest BCUT2D eigenvalue weighted by atomic mass is 9.97. The van der Waals surface area contributed by atoms with E-state index in [1.165, 1.54) is 0 Å². The van der Waals surface area contributed by atoms with E-state index >= 15 is 0 Å². The van der Waals surface area contributed by atoms with Gasteiger partial charge in [-0.15, -0.1) is 0 Å². The topological polar surface area (TPSA) is 49.0 Å². The quantitative estimate of drug-likeness (QED) is 0.703. The maximum absolute atomic E-state index is 8.83. The lowest BCUT2D eigenvalue weighted by molar-refractivity contribution is 0.505. The van der Waals surface area contributed by atoms with Crippen molar-refractivity contribution in [3.8, 4) is 6.07 Å². The summed E-state index contributed by atoms with van der Waals surface area (Å²) < 4.78 is 5.23. The molecule has 3 nitrogen and oxygen atoms in total. The Hall–Kier alpha value is -1.95. The highest BCUT2D eigenvalue weighted by Crippen LogP contribution is 2.26. The molecule has 1 aromatic heterocycles. The summed E-state index contributed by atoms with van der Waals surface area (Å²) in [6.45, 7) is 0. The first-order chi connectivity index (χ1) is 6.42. The lowest BCUT2D eigenvalue weighted by Crippen LogP contribution is -2.08. The third kappa shape index (κ3) is 1.34. The molecule has 1 aromatic rings. The Bertz CT molecular complexity index is 382. The number of allylic oxidation sites excluding steroid dienone is 2. The minimum Gasteiger partial charge on any atom is -0.468 e. The van der Waals surface area contributed by atoms with Gasteiger partial charge in [0.15, 0.2) is 0 Å². The Morgan fingerprint density at radius 2 is 2.46 bits per heavy atom. The van der Waals surface area contributed by atoms with Crippen molar-refractivity contribution in [2.24, 2.45) is 0 Å². The van der Waals surface area contributed by atoms with Gasteiger partial charge in [-0.05, 0) is 18.3 Å². The van der Waals surface area contributed by atoms with Gasteiger partial charge in [0.1, 0.15) is 5.76 Å². The molecule has 0 aliphatic carbocycles. The zero-order chi connectivity index (χ0) is 9.10. The molecule has 1 aliphatic rings. The molecule has 0 aromatic carbocycles. The fourth-order valence-electron chi connectivity index (χ4n) is 1.30. The maximum atomic E-state index is 8.83. The average Bonchev–Trinajstić information content (AvgIpc) is 2.70. The average molecular weight is 172 g/mol. The second kappa shape index (κ2) is 3.20. The molecule has 1 N–H and O–H groups in total. The fourth-order valence-corrected chi connectivity index (χ4v) is 1.30. The van der Waals surface area contributed by atoms with Gasteiger partial charge in [-0.25, -0.2) is 0 Å². The molecule has 64 valence electrons. The van der Waals surface area contributed by atoms with E-state index in [4.69, 9.17) is 9.68 Å². The number of nitriles is 1. The van der Waals surface area contributed by atoms with Crippen molar-refractivity contribution in [3.05, 3.63) is 48.2 Å². The normalized spacial score (nSPS) is 20.2. The smallest absolute Gasteiger partial charge is 0.115 e. The zero-order valence-electron chi connectivity index (χ0n) is 6.90. The molecule has 0 saturated carbocycles. The molecular formula is C10H8N2O. The van der Waals surface area contributed by atoms with Gasteiger partial charge < -0.3 is 9.73 Å². The first kappa shape index (κ1) is 7.69. The van der Waals surface area contributed by atoms with Gasteiger partial charge >= 0.3 is 0 Å². The Kier molecular flexibility index (Phi) is 1.89. The van der Waals surface area contributed by atoms with Crippen LogP contribution in [0.2, 0.25) is 0 Å². The van der Waals surface area contributed by atoms with E-state index in [1.54, 1.807) is 18.7 Å². The minimum atomic E-state index is -0.0405. The van der Waals surface area contributed by atoms with E-state index in [1.807, 2.05) is 18.2 Å². The molecule has 0 amide bonds. The van der Waals surface area contributed by atoms with Crippen LogP contribution in [0, 0.1) is 11.3 Å². The first-order valence-corrected chi connectivity index (χ1v) is 3.98. The molecule has 1 atom stereocenters. The monoisotopic (exact) mass is 172 g/mol. The van der Waals surface area contributed by atoms with Crippen LogP contribution in [0.5, 0.6) is 0 Å². The first-order valence-electron chi connectivity index (χ1n) is 3.98. The molecule has 1 unspecified atom stereocenters. The molecule has 2 heterocycles. The van der Waals surface area contributed by atoms with Crippen molar-refractivity contribution < 1.29 is 4.42 Å². The van der Waals surface area contributed by atoms with Gasteiger partial charge in [0.25, 0.3) is 0 Å². The van der Waals surface area contributed by atoms with Gasteiger partial charge in [0, 0.05) is 6.20 Å². The Labute approximate surface area is 76.0 Å². The van der Waals surface area contributed by atoms with Crippen LogP contribution >= 0.6 is 0 Å². The van der Waals surface area contributed by atoms with Crippen molar-refractivity contribution in [1.82, 2.24) is 5.32 Å². The zero-order valence-corrected chi connectivity index (χ0v) is 6.90. The molecule has 0 saturated heterocycles. The summed E-state index contributed by atoms with van der Waals surface area (Å²) >= 11 is 0. The number of hydrogen-bond donors (Lipinski definition) is 1. The molecule has 0 radical (unpaired) electrons. The summed E-state index contributed by atoms with van der Waals surface area (Å²) in [5, 5.41) is 11.7.